The number of carbonyl (C=O) groups is 1. The Kier molecular flexibility index (Phi) is 9.62. The standard InChI is InChI=1S/C11H23NO5S.ClH/c1-5-16-10(13)9(12)6-7-18(14,15)17-8-11(2,3)4;/h9H,5-8,12H2,1-4H3;1H/t9-;/m0./s1. The number of halogens is 1. The first-order valence-corrected chi connectivity index (χ1v) is 7.52. The molecular formula is C11H24ClNO5S. The maximum atomic E-state index is 11.6. The van der Waals surface area contributed by atoms with Crippen LogP contribution in [-0.4, -0.2) is 39.4 Å². The highest BCUT2D eigenvalue weighted by Gasteiger charge is 2.24. The lowest BCUT2D eigenvalue weighted by molar-refractivity contribution is -0.408. The number of quaternary nitrogens is 1. The Bertz CT molecular complexity index is 364. The Morgan fingerprint density at radius 1 is 1.32 bits per heavy atom. The lowest BCUT2D eigenvalue weighted by atomic mass is 9.99. The molecule has 0 saturated carbocycles. The van der Waals surface area contributed by atoms with Crippen molar-refractivity contribution in [2.45, 2.75) is 40.2 Å². The minimum atomic E-state index is -3.61. The van der Waals surface area contributed by atoms with Crippen molar-refractivity contribution in [1.82, 2.24) is 0 Å². The van der Waals surface area contributed by atoms with E-state index in [2.05, 4.69) is 5.73 Å². The van der Waals surface area contributed by atoms with E-state index in [0.29, 0.717) is 0 Å². The molecule has 0 aromatic heterocycles. The first-order chi connectivity index (χ1) is 8.07. The highest BCUT2D eigenvalue weighted by molar-refractivity contribution is 7.86. The molecular weight excluding hydrogens is 294 g/mol. The van der Waals surface area contributed by atoms with E-state index in [1.807, 2.05) is 20.8 Å². The molecule has 0 aliphatic heterocycles. The zero-order valence-electron chi connectivity index (χ0n) is 11.9. The molecule has 0 aliphatic rings. The molecule has 19 heavy (non-hydrogen) atoms. The Morgan fingerprint density at radius 2 is 1.84 bits per heavy atom. The molecule has 0 heterocycles. The van der Waals surface area contributed by atoms with E-state index in [4.69, 9.17) is 8.92 Å². The van der Waals surface area contributed by atoms with Crippen LogP contribution < -0.4 is 18.1 Å². The van der Waals surface area contributed by atoms with Crippen LogP contribution in [0.15, 0.2) is 0 Å². The number of carbonyl (C=O) groups excluding carboxylic acids is 1. The third kappa shape index (κ3) is 11.2. The van der Waals surface area contributed by atoms with Crippen molar-refractivity contribution in [3.8, 4) is 0 Å². The third-order valence-corrected chi connectivity index (χ3v) is 3.22. The summed E-state index contributed by atoms with van der Waals surface area (Å²) in [6.07, 6.45) is 0.102. The predicted octanol–water partition coefficient (Wildman–Crippen LogP) is -3.05. The summed E-state index contributed by atoms with van der Waals surface area (Å²) in [6.45, 7) is 7.71. The van der Waals surface area contributed by atoms with E-state index in [0.717, 1.165) is 0 Å². The lowest BCUT2D eigenvalue weighted by Crippen LogP contribution is -3.00. The normalized spacial score (nSPS) is 13.5. The fourth-order valence-corrected chi connectivity index (χ4v) is 2.21. The second-order valence-electron chi connectivity index (χ2n) is 5.32. The summed E-state index contributed by atoms with van der Waals surface area (Å²) in [6, 6.07) is -0.682. The fourth-order valence-electron chi connectivity index (χ4n) is 0.990. The van der Waals surface area contributed by atoms with E-state index >= 15 is 0 Å². The molecule has 0 rings (SSSR count). The van der Waals surface area contributed by atoms with E-state index in [1.54, 1.807) is 6.92 Å². The van der Waals surface area contributed by atoms with Gasteiger partial charge in [0.15, 0.2) is 6.04 Å². The average molecular weight is 318 g/mol. The van der Waals surface area contributed by atoms with Crippen LogP contribution in [-0.2, 0) is 23.8 Å². The number of hydrogen-bond acceptors (Lipinski definition) is 5. The third-order valence-electron chi connectivity index (χ3n) is 2.01. The molecule has 0 radical (unpaired) electrons. The van der Waals surface area contributed by atoms with Crippen LogP contribution >= 0.6 is 0 Å². The largest absolute Gasteiger partial charge is 1.00 e. The first-order valence-electron chi connectivity index (χ1n) is 5.94. The minimum absolute atomic E-state index is 0. The van der Waals surface area contributed by atoms with E-state index in [-0.39, 0.29) is 43.2 Å². The summed E-state index contributed by atoms with van der Waals surface area (Å²) < 4.78 is 32.7. The summed E-state index contributed by atoms with van der Waals surface area (Å²) in [5.74, 6) is -0.709. The van der Waals surface area contributed by atoms with Gasteiger partial charge in [0.25, 0.3) is 10.1 Å². The first kappa shape index (κ1) is 20.9. The van der Waals surface area contributed by atoms with Gasteiger partial charge >= 0.3 is 5.97 Å². The molecule has 116 valence electrons. The van der Waals surface area contributed by atoms with E-state index < -0.39 is 22.1 Å². The molecule has 8 heteroatoms. The maximum absolute atomic E-state index is 11.6. The van der Waals surface area contributed by atoms with Crippen LogP contribution in [0.25, 0.3) is 0 Å². The number of esters is 1. The van der Waals surface area contributed by atoms with Gasteiger partial charge in [0.2, 0.25) is 0 Å². The van der Waals surface area contributed by atoms with Gasteiger partial charge in [-0.3, -0.25) is 4.18 Å². The molecule has 0 aromatic rings. The number of ether oxygens (including phenoxy) is 1. The Labute approximate surface area is 121 Å². The molecule has 0 spiro atoms. The van der Waals surface area contributed by atoms with E-state index in [1.165, 1.54) is 0 Å². The quantitative estimate of drug-likeness (QED) is 0.397. The molecule has 0 bridgehead atoms. The Hall–Kier alpha value is -0.370. The van der Waals surface area contributed by atoms with Gasteiger partial charge in [-0.25, -0.2) is 4.79 Å². The Balaban J connectivity index is 0. The molecule has 1 atom stereocenters. The lowest BCUT2D eigenvalue weighted by Gasteiger charge is -2.17. The van der Waals surface area contributed by atoms with Crippen molar-refractivity contribution in [3.05, 3.63) is 0 Å². The van der Waals surface area contributed by atoms with Crippen molar-refractivity contribution >= 4 is 16.1 Å². The van der Waals surface area contributed by atoms with Gasteiger partial charge in [-0.1, -0.05) is 20.8 Å². The SMILES string of the molecule is CCOC(=O)[C@@H]([NH3+])CCS(=O)(=O)OCC(C)(C)C.[Cl-]. The van der Waals surface area contributed by atoms with Crippen molar-refractivity contribution < 1.29 is 40.3 Å². The molecule has 0 unspecified atom stereocenters. The van der Waals surface area contributed by atoms with Crippen LogP contribution in [0, 0.1) is 5.41 Å². The topological polar surface area (TPSA) is 97.3 Å². The van der Waals surface area contributed by atoms with Gasteiger partial charge < -0.3 is 22.9 Å². The predicted molar refractivity (Wildman–Crippen MR) is 67.1 cm³/mol. The highest BCUT2D eigenvalue weighted by Crippen LogP contribution is 2.15. The van der Waals surface area contributed by atoms with Gasteiger partial charge in [0.05, 0.1) is 19.0 Å². The number of hydrogen-bond donors (Lipinski definition) is 1. The smallest absolute Gasteiger partial charge is 0.364 e. The Morgan fingerprint density at radius 3 is 2.26 bits per heavy atom. The zero-order valence-corrected chi connectivity index (χ0v) is 13.5. The second-order valence-corrected chi connectivity index (χ2v) is 7.08. The van der Waals surface area contributed by atoms with Crippen LogP contribution in [0.3, 0.4) is 0 Å². The van der Waals surface area contributed by atoms with Gasteiger partial charge in [-0.05, 0) is 12.3 Å². The van der Waals surface area contributed by atoms with Gasteiger partial charge in [-0.2, -0.15) is 8.42 Å². The van der Waals surface area contributed by atoms with Crippen LogP contribution in [0.2, 0.25) is 0 Å². The molecule has 0 aromatic carbocycles. The minimum Gasteiger partial charge on any atom is -1.00 e. The molecule has 0 aliphatic carbocycles. The van der Waals surface area contributed by atoms with Crippen molar-refractivity contribution in [1.29, 1.82) is 0 Å². The van der Waals surface area contributed by atoms with Crippen molar-refractivity contribution in [2.75, 3.05) is 19.0 Å². The molecule has 6 nitrogen and oxygen atoms in total. The average Bonchev–Trinajstić information content (AvgIpc) is 2.23. The van der Waals surface area contributed by atoms with Crippen molar-refractivity contribution in [2.24, 2.45) is 5.41 Å². The highest BCUT2D eigenvalue weighted by atomic mass is 35.5. The van der Waals surface area contributed by atoms with E-state index in [9.17, 15) is 13.2 Å². The monoisotopic (exact) mass is 317 g/mol. The van der Waals surface area contributed by atoms with Crippen LogP contribution in [0.5, 0.6) is 0 Å². The van der Waals surface area contributed by atoms with Crippen molar-refractivity contribution in [3.63, 3.8) is 0 Å². The van der Waals surface area contributed by atoms with Gasteiger partial charge in [0, 0.05) is 6.42 Å². The summed E-state index contributed by atoms with van der Waals surface area (Å²) >= 11 is 0. The fraction of sp³-hybridized carbons (Fsp3) is 0.909. The summed E-state index contributed by atoms with van der Waals surface area (Å²) in [5.41, 5.74) is 3.35. The van der Waals surface area contributed by atoms with Gasteiger partial charge in [0.1, 0.15) is 0 Å². The second kappa shape index (κ2) is 8.73. The van der Waals surface area contributed by atoms with Gasteiger partial charge in [-0.15, -0.1) is 0 Å². The summed E-state index contributed by atoms with van der Waals surface area (Å²) in [4.78, 5) is 11.3. The maximum Gasteiger partial charge on any atom is 0.364 e. The number of rotatable bonds is 7. The summed E-state index contributed by atoms with van der Waals surface area (Å²) in [5, 5.41) is 0. The molecule has 3 N–H and O–H groups in total. The molecule has 0 fully saturated rings. The molecule has 0 saturated heterocycles. The van der Waals surface area contributed by atoms with Crippen LogP contribution in [0.4, 0.5) is 0 Å². The summed E-state index contributed by atoms with van der Waals surface area (Å²) in [7, 11) is -3.61. The van der Waals surface area contributed by atoms with Crippen LogP contribution in [0.1, 0.15) is 34.1 Å². The molecule has 0 amide bonds. The zero-order chi connectivity index (χ0) is 14.4.